The fraction of sp³-hybridized carbons (Fsp3) is 0.143. The highest BCUT2D eigenvalue weighted by Gasteiger charge is 2.38. The second-order valence-corrected chi connectivity index (χ2v) is 13.4. The minimum atomic E-state index is -0.115. The molecule has 0 saturated carbocycles. The van der Waals surface area contributed by atoms with Gasteiger partial charge in [0.25, 0.3) is 0 Å². The van der Waals surface area contributed by atoms with E-state index < -0.39 is 0 Å². The van der Waals surface area contributed by atoms with Crippen LogP contribution in [0.25, 0.3) is 21.9 Å². The summed E-state index contributed by atoms with van der Waals surface area (Å²) in [6, 6.07) is 48.3. The van der Waals surface area contributed by atoms with Crippen molar-refractivity contribution in [3.63, 3.8) is 0 Å². The minimum Gasteiger partial charge on any atom is -0.454 e. The van der Waals surface area contributed by atoms with Gasteiger partial charge in [0.1, 0.15) is 5.58 Å². The first kappa shape index (κ1) is 26.2. The first-order valence-corrected chi connectivity index (χ1v) is 15.8. The van der Waals surface area contributed by atoms with E-state index in [1.54, 1.807) is 0 Å². The Morgan fingerprint density at radius 2 is 0.867 bits per heavy atom. The highest BCUT2D eigenvalue weighted by molar-refractivity contribution is 6.11. The summed E-state index contributed by atoms with van der Waals surface area (Å²) < 4.78 is 6.90. The molecular formula is C42H34N2O. The topological polar surface area (TPSA) is 19.6 Å². The van der Waals surface area contributed by atoms with Crippen molar-refractivity contribution in [3.05, 3.63) is 156 Å². The van der Waals surface area contributed by atoms with Crippen LogP contribution >= 0.6 is 0 Å². The van der Waals surface area contributed by atoms with Crippen LogP contribution in [0.5, 0.6) is 0 Å². The number of rotatable bonds is 2. The zero-order valence-electron chi connectivity index (χ0n) is 26.0. The maximum Gasteiger partial charge on any atom is 0.159 e. The number of furan rings is 1. The second-order valence-electron chi connectivity index (χ2n) is 13.4. The molecule has 0 radical (unpaired) electrons. The standard InChI is InChI=1S/C42H34N2O/c1-41(2)30-15-5-9-19-34(30)43(35-20-10-6-16-31(35)41)27-24-25-28-29-14-13-23-38(40(29)45-39(28)26-27)44-36-21-11-7-17-32(36)42(3,4)33-18-8-12-22-37(33)44/h5-26H,1-4H3. The maximum atomic E-state index is 6.90. The van der Waals surface area contributed by atoms with E-state index in [-0.39, 0.29) is 10.8 Å². The number of anilines is 6. The minimum absolute atomic E-state index is 0.0996. The average Bonchev–Trinajstić information content (AvgIpc) is 3.44. The Kier molecular flexibility index (Phi) is 5.30. The van der Waals surface area contributed by atoms with Crippen LogP contribution in [0.3, 0.4) is 0 Å². The highest BCUT2D eigenvalue weighted by Crippen LogP contribution is 2.54. The molecule has 0 atom stereocenters. The molecule has 0 N–H and O–H groups in total. The lowest BCUT2D eigenvalue weighted by Crippen LogP contribution is -2.30. The summed E-state index contributed by atoms with van der Waals surface area (Å²) in [7, 11) is 0. The summed E-state index contributed by atoms with van der Waals surface area (Å²) >= 11 is 0. The molecule has 0 spiro atoms. The SMILES string of the molecule is CC1(C)c2ccccc2N(c2ccc3c(c2)oc2c(N4c5ccccc5C(C)(C)c5ccccc54)cccc23)c2ccccc21. The summed E-state index contributed by atoms with van der Waals surface area (Å²) in [4.78, 5) is 4.78. The molecule has 6 aromatic carbocycles. The third-order valence-corrected chi connectivity index (χ3v) is 10.2. The molecule has 9 rings (SSSR count). The molecule has 2 aliphatic heterocycles. The van der Waals surface area contributed by atoms with Gasteiger partial charge in [0.05, 0.1) is 28.4 Å². The van der Waals surface area contributed by atoms with Crippen LogP contribution in [0.1, 0.15) is 49.9 Å². The Hall–Kier alpha value is -5.28. The second kappa shape index (κ2) is 9.12. The zero-order valence-corrected chi connectivity index (χ0v) is 26.0. The Balaban J connectivity index is 1.26. The summed E-state index contributed by atoms with van der Waals surface area (Å²) in [6.45, 7) is 9.29. The largest absolute Gasteiger partial charge is 0.454 e. The van der Waals surface area contributed by atoms with E-state index in [1.807, 2.05) is 0 Å². The van der Waals surface area contributed by atoms with E-state index in [1.165, 1.54) is 45.0 Å². The van der Waals surface area contributed by atoms with Gasteiger partial charge in [0.2, 0.25) is 0 Å². The number of para-hydroxylation sites is 5. The number of hydrogen-bond donors (Lipinski definition) is 0. The van der Waals surface area contributed by atoms with Gasteiger partial charge in [0, 0.05) is 33.4 Å². The molecule has 0 unspecified atom stereocenters. The van der Waals surface area contributed by atoms with E-state index in [2.05, 4.69) is 171 Å². The summed E-state index contributed by atoms with van der Waals surface area (Å²) in [5, 5.41) is 2.24. The smallest absolute Gasteiger partial charge is 0.159 e. The lowest BCUT2D eigenvalue weighted by molar-refractivity contribution is 0.630. The zero-order chi connectivity index (χ0) is 30.5. The van der Waals surface area contributed by atoms with E-state index in [4.69, 9.17) is 4.42 Å². The van der Waals surface area contributed by atoms with Gasteiger partial charge in [-0.25, -0.2) is 0 Å². The third-order valence-electron chi connectivity index (χ3n) is 10.2. The van der Waals surface area contributed by atoms with Gasteiger partial charge in [-0.15, -0.1) is 0 Å². The molecule has 0 aliphatic carbocycles. The normalized spacial score (nSPS) is 15.8. The first-order chi connectivity index (χ1) is 21.9. The fourth-order valence-corrected chi connectivity index (χ4v) is 7.96. The highest BCUT2D eigenvalue weighted by atomic mass is 16.3. The van der Waals surface area contributed by atoms with E-state index >= 15 is 0 Å². The molecule has 2 aliphatic rings. The molecule has 3 nitrogen and oxygen atoms in total. The predicted octanol–water partition coefficient (Wildman–Crippen LogP) is 11.8. The Morgan fingerprint density at radius 1 is 0.422 bits per heavy atom. The molecule has 0 bridgehead atoms. The Labute approximate surface area is 264 Å². The number of nitrogens with zero attached hydrogens (tertiary/aromatic N) is 2. The number of fused-ring (bicyclic) bond motifs is 7. The monoisotopic (exact) mass is 582 g/mol. The third kappa shape index (κ3) is 3.52. The molecular weight excluding hydrogens is 548 g/mol. The van der Waals surface area contributed by atoms with Crippen LogP contribution in [-0.4, -0.2) is 0 Å². The van der Waals surface area contributed by atoms with Crippen molar-refractivity contribution < 1.29 is 4.42 Å². The summed E-state index contributed by atoms with van der Waals surface area (Å²) in [5.41, 5.74) is 13.8. The van der Waals surface area contributed by atoms with Crippen molar-refractivity contribution in [1.29, 1.82) is 0 Å². The van der Waals surface area contributed by atoms with Crippen molar-refractivity contribution in [1.82, 2.24) is 0 Å². The van der Waals surface area contributed by atoms with Crippen LogP contribution in [0.2, 0.25) is 0 Å². The average molecular weight is 583 g/mol. The van der Waals surface area contributed by atoms with Gasteiger partial charge in [-0.2, -0.15) is 0 Å². The number of hydrogen-bond acceptors (Lipinski definition) is 3. The molecule has 0 fully saturated rings. The van der Waals surface area contributed by atoms with Gasteiger partial charge in [0.15, 0.2) is 5.58 Å². The van der Waals surface area contributed by atoms with Gasteiger partial charge in [-0.3, -0.25) is 0 Å². The van der Waals surface area contributed by atoms with Gasteiger partial charge in [-0.1, -0.05) is 113 Å². The van der Waals surface area contributed by atoms with Crippen LogP contribution in [0.4, 0.5) is 34.1 Å². The lowest BCUT2D eigenvalue weighted by Gasteiger charge is -2.42. The molecule has 1 aromatic heterocycles. The van der Waals surface area contributed by atoms with E-state index in [0.717, 1.165) is 33.3 Å². The molecule has 7 aromatic rings. The van der Waals surface area contributed by atoms with Crippen molar-refractivity contribution in [2.75, 3.05) is 9.80 Å². The molecule has 3 heteroatoms. The first-order valence-electron chi connectivity index (χ1n) is 15.8. The predicted molar refractivity (Wildman–Crippen MR) is 187 cm³/mol. The molecule has 218 valence electrons. The molecule has 3 heterocycles. The fourth-order valence-electron chi connectivity index (χ4n) is 7.96. The van der Waals surface area contributed by atoms with Crippen molar-refractivity contribution in [3.8, 4) is 0 Å². The van der Waals surface area contributed by atoms with Gasteiger partial charge >= 0.3 is 0 Å². The molecule has 45 heavy (non-hydrogen) atoms. The van der Waals surface area contributed by atoms with Crippen LogP contribution in [0, 0.1) is 0 Å². The number of benzene rings is 6. The van der Waals surface area contributed by atoms with Gasteiger partial charge in [-0.05, 0) is 64.7 Å². The maximum absolute atomic E-state index is 6.90. The van der Waals surface area contributed by atoms with Crippen LogP contribution < -0.4 is 9.80 Å². The molecule has 0 amide bonds. The summed E-state index contributed by atoms with van der Waals surface area (Å²) in [6.07, 6.45) is 0. The van der Waals surface area contributed by atoms with E-state index in [9.17, 15) is 0 Å². The quantitative estimate of drug-likeness (QED) is 0.202. The van der Waals surface area contributed by atoms with Crippen LogP contribution in [-0.2, 0) is 10.8 Å². The lowest BCUT2D eigenvalue weighted by atomic mass is 9.73. The molecule has 0 saturated heterocycles. The Bertz CT molecular complexity index is 2210. The van der Waals surface area contributed by atoms with Crippen molar-refractivity contribution in [2.45, 2.75) is 38.5 Å². The van der Waals surface area contributed by atoms with Crippen molar-refractivity contribution >= 4 is 56.1 Å². The van der Waals surface area contributed by atoms with Gasteiger partial charge < -0.3 is 14.2 Å². The summed E-state index contributed by atoms with van der Waals surface area (Å²) in [5.74, 6) is 0. The van der Waals surface area contributed by atoms with Crippen molar-refractivity contribution in [2.24, 2.45) is 0 Å². The van der Waals surface area contributed by atoms with Crippen LogP contribution in [0.15, 0.2) is 138 Å². The Morgan fingerprint density at radius 3 is 1.38 bits per heavy atom. The van der Waals surface area contributed by atoms with E-state index in [0.29, 0.717) is 0 Å².